The molecule has 2 saturated carbocycles. The van der Waals surface area contributed by atoms with Crippen LogP contribution in [0, 0.1) is 5.92 Å². The summed E-state index contributed by atoms with van der Waals surface area (Å²) in [4.78, 5) is 25.2. The lowest BCUT2D eigenvalue weighted by molar-refractivity contribution is -0.140. The lowest BCUT2D eigenvalue weighted by Gasteiger charge is -2.42. The summed E-state index contributed by atoms with van der Waals surface area (Å²) in [6.45, 7) is 1.02. The Morgan fingerprint density at radius 1 is 1.16 bits per heavy atom. The van der Waals surface area contributed by atoms with Crippen LogP contribution in [0.15, 0.2) is 30.3 Å². The molecule has 5 nitrogen and oxygen atoms in total. The van der Waals surface area contributed by atoms with E-state index in [1.54, 1.807) is 0 Å². The van der Waals surface area contributed by atoms with Crippen molar-refractivity contribution in [3.63, 3.8) is 0 Å². The van der Waals surface area contributed by atoms with Gasteiger partial charge in [-0.25, -0.2) is 0 Å². The number of nitrogens with one attached hydrogen (secondary N) is 1. The molecule has 136 valence electrons. The van der Waals surface area contributed by atoms with Crippen LogP contribution in [0.25, 0.3) is 0 Å². The van der Waals surface area contributed by atoms with Crippen LogP contribution in [0.1, 0.15) is 44.1 Å². The second-order valence-electron chi connectivity index (χ2n) is 7.50. The molecular formula is C20H28N2O3. The summed E-state index contributed by atoms with van der Waals surface area (Å²) < 4.78 is 0. The van der Waals surface area contributed by atoms with Crippen molar-refractivity contribution in [1.82, 2.24) is 10.2 Å². The molecule has 2 aliphatic carbocycles. The quantitative estimate of drug-likeness (QED) is 0.684. The molecule has 5 heteroatoms. The Balaban J connectivity index is 1.33. The highest BCUT2D eigenvalue weighted by Crippen LogP contribution is 2.33. The van der Waals surface area contributed by atoms with Gasteiger partial charge in [-0.2, -0.15) is 0 Å². The number of carbonyl (C=O) groups is 2. The van der Waals surface area contributed by atoms with Gasteiger partial charge in [0.05, 0.1) is 6.54 Å². The molecule has 0 aliphatic heterocycles. The SMILES string of the molecule is O=C(O)CN(CC1CC1)C1CC(NC(=O)CCCc2ccccc2)C1. The number of benzene rings is 1. The van der Waals surface area contributed by atoms with Crippen LogP contribution in [0.3, 0.4) is 0 Å². The standard InChI is InChI=1S/C20H28N2O3/c23-19(8-4-7-15-5-2-1-3-6-15)21-17-11-18(12-17)22(14-20(24)25)13-16-9-10-16/h1-3,5-6,16-18H,4,7-14H2,(H,21,23)(H,24,25). The van der Waals surface area contributed by atoms with Gasteiger partial charge in [-0.15, -0.1) is 0 Å². The predicted molar refractivity (Wildman–Crippen MR) is 96.3 cm³/mol. The highest BCUT2D eigenvalue weighted by Gasteiger charge is 2.37. The van der Waals surface area contributed by atoms with Gasteiger partial charge in [0.25, 0.3) is 0 Å². The number of aryl methyl sites for hydroxylation is 1. The van der Waals surface area contributed by atoms with Gasteiger partial charge in [0.1, 0.15) is 0 Å². The van der Waals surface area contributed by atoms with Gasteiger partial charge in [-0.05, 0) is 50.0 Å². The van der Waals surface area contributed by atoms with Crippen LogP contribution in [-0.4, -0.2) is 47.1 Å². The summed E-state index contributed by atoms with van der Waals surface area (Å²) in [5.74, 6) is 0.0476. The Morgan fingerprint density at radius 2 is 1.88 bits per heavy atom. The Hall–Kier alpha value is -1.88. The number of hydrogen-bond donors (Lipinski definition) is 2. The summed E-state index contributed by atoms with van der Waals surface area (Å²) >= 11 is 0. The van der Waals surface area contributed by atoms with Gasteiger partial charge >= 0.3 is 5.97 Å². The summed E-state index contributed by atoms with van der Waals surface area (Å²) in [6, 6.07) is 10.7. The Kier molecular flexibility index (Phi) is 6.08. The number of rotatable bonds is 10. The Labute approximate surface area is 149 Å². The summed E-state index contributed by atoms with van der Waals surface area (Å²) in [7, 11) is 0. The number of carbonyl (C=O) groups excluding carboxylic acids is 1. The molecule has 0 aromatic heterocycles. The maximum Gasteiger partial charge on any atom is 0.317 e. The minimum Gasteiger partial charge on any atom is -0.480 e. The smallest absolute Gasteiger partial charge is 0.317 e. The fourth-order valence-electron chi connectivity index (χ4n) is 3.55. The second kappa shape index (κ2) is 8.48. The van der Waals surface area contributed by atoms with E-state index < -0.39 is 5.97 Å². The van der Waals surface area contributed by atoms with Crippen LogP contribution < -0.4 is 5.32 Å². The lowest BCUT2D eigenvalue weighted by Crippen LogP contribution is -2.55. The molecule has 1 amide bonds. The van der Waals surface area contributed by atoms with E-state index >= 15 is 0 Å². The molecule has 2 N–H and O–H groups in total. The molecule has 0 spiro atoms. The average molecular weight is 344 g/mol. The average Bonchev–Trinajstić information content (AvgIpc) is 3.34. The molecular weight excluding hydrogens is 316 g/mol. The highest BCUT2D eigenvalue weighted by atomic mass is 16.4. The number of amides is 1. The molecule has 2 aliphatic rings. The molecule has 1 aromatic rings. The first-order chi connectivity index (χ1) is 12.1. The third kappa shape index (κ3) is 5.85. The first-order valence-electron chi connectivity index (χ1n) is 9.39. The van der Waals surface area contributed by atoms with Crippen molar-refractivity contribution in [1.29, 1.82) is 0 Å². The molecule has 3 rings (SSSR count). The van der Waals surface area contributed by atoms with Gasteiger partial charge in [-0.1, -0.05) is 30.3 Å². The fraction of sp³-hybridized carbons (Fsp3) is 0.600. The molecule has 2 fully saturated rings. The van der Waals surface area contributed by atoms with Crippen molar-refractivity contribution in [2.45, 2.75) is 57.0 Å². The number of aliphatic carboxylic acids is 1. The Bertz CT molecular complexity index is 580. The topological polar surface area (TPSA) is 69.6 Å². The van der Waals surface area contributed by atoms with Crippen molar-refractivity contribution in [3.8, 4) is 0 Å². The van der Waals surface area contributed by atoms with Gasteiger partial charge < -0.3 is 10.4 Å². The van der Waals surface area contributed by atoms with Gasteiger partial charge in [0, 0.05) is 25.0 Å². The van der Waals surface area contributed by atoms with Crippen LogP contribution in [0.4, 0.5) is 0 Å². The molecule has 0 radical (unpaired) electrons. The first kappa shape index (κ1) is 17.9. The molecule has 0 saturated heterocycles. The van der Waals surface area contributed by atoms with E-state index in [4.69, 9.17) is 5.11 Å². The van der Waals surface area contributed by atoms with Gasteiger partial charge in [0.2, 0.25) is 5.91 Å². The summed E-state index contributed by atoms with van der Waals surface area (Å²) in [5.41, 5.74) is 1.27. The minimum absolute atomic E-state index is 0.117. The van der Waals surface area contributed by atoms with E-state index in [0.29, 0.717) is 18.4 Å². The third-order valence-electron chi connectivity index (χ3n) is 5.23. The van der Waals surface area contributed by atoms with E-state index in [-0.39, 0.29) is 18.5 Å². The van der Waals surface area contributed by atoms with Crippen molar-refractivity contribution in [2.75, 3.05) is 13.1 Å². The predicted octanol–water partition coefficient (Wildman–Crippen LogP) is 2.45. The van der Waals surface area contributed by atoms with Crippen LogP contribution in [0.2, 0.25) is 0 Å². The molecule has 1 aromatic carbocycles. The third-order valence-corrected chi connectivity index (χ3v) is 5.23. The van der Waals surface area contributed by atoms with Crippen molar-refractivity contribution in [3.05, 3.63) is 35.9 Å². The second-order valence-corrected chi connectivity index (χ2v) is 7.50. The molecule has 0 heterocycles. The maximum atomic E-state index is 12.1. The van der Waals surface area contributed by atoms with E-state index in [9.17, 15) is 9.59 Å². The fourth-order valence-corrected chi connectivity index (χ4v) is 3.55. The Morgan fingerprint density at radius 3 is 2.52 bits per heavy atom. The maximum absolute atomic E-state index is 12.1. The normalized spacial score (nSPS) is 22.4. The zero-order chi connectivity index (χ0) is 17.6. The minimum atomic E-state index is -0.756. The number of nitrogens with zero attached hydrogens (tertiary/aromatic N) is 1. The van der Waals surface area contributed by atoms with E-state index in [2.05, 4.69) is 22.3 Å². The zero-order valence-electron chi connectivity index (χ0n) is 14.7. The van der Waals surface area contributed by atoms with E-state index in [1.807, 2.05) is 18.2 Å². The van der Waals surface area contributed by atoms with E-state index in [0.717, 1.165) is 32.2 Å². The monoisotopic (exact) mass is 344 g/mol. The summed E-state index contributed by atoms with van der Waals surface area (Å²) in [6.07, 6.45) is 6.55. The largest absolute Gasteiger partial charge is 0.480 e. The van der Waals surface area contributed by atoms with E-state index in [1.165, 1.54) is 18.4 Å². The summed E-state index contributed by atoms with van der Waals surface area (Å²) in [5, 5.41) is 12.2. The van der Waals surface area contributed by atoms with Crippen molar-refractivity contribution in [2.24, 2.45) is 5.92 Å². The van der Waals surface area contributed by atoms with Gasteiger partial charge in [0.15, 0.2) is 0 Å². The molecule has 0 bridgehead atoms. The zero-order valence-corrected chi connectivity index (χ0v) is 14.7. The molecule has 0 unspecified atom stereocenters. The van der Waals surface area contributed by atoms with Crippen LogP contribution in [-0.2, 0) is 16.0 Å². The lowest BCUT2D eigenvalue weighted by atomic mass is 9.85. The highest BCUT2D eigenvalue weighted by molar-refractivity contribution is 5.76. The number of carboxylic acids is 1. The molecule has 0 atom stereocenters. The van der Waals surface area contributed by atoms with Gasteiger partial charge in [-0.3, -0.25) is 14.5 Å². The molecule has 25 heavy (non-hydrogen) atoms. The van der Waals surface area contributed by atoms with Crippen molar-refractivity contribution >= 4 is 11.9 Å². The number of hydrogen-bond acceptors (Lipinski definition) is 3. The number of carboxylic acid groups (broad SMARTS) is 1. The van der Waals surface area contributed by atoms with Crippen LogP contribution in [0.5, 0.6) is 0 Å². The first-order valence-corrected chi connectivity index (χ1v) is 9.39. The van der Waals surface area contributed by atoms with Crippen molar-refractivity contribution < 1.29 is 14.7 Å². The van der Waals surface area contributed by atoms with Crippen LogP contribution >= 0.6 is 0 Å².